The lowest BCUT2D eigenvalue weighted by atomic mass is 10.0. The van der Waals surface area contributed by atoms with Gasteiger partial charge in [0.25, 0.3) is 0 Å². The molecule has 0 aromatic heterocycles. The zero-order valence-corrected chi connectivity index (χ0v) is 15.6. The maximum Gasteiger partial charge on any atom is 0.0426 e. The molecule has 0 radical (unpaired) electrons. The molecule has 4 rings (SSSR count). The second kappa shape index (κ2) is 7.94. The summed E-state index contributed by atoms with van der Waals surface area (Å²) in [5.41, 5.74) is 5.15. The Bertz CT molecular complexity index is 838. The van der Waals surface area contributed by atoms with Crippen LogP contribution >= 0.6 is 11.6 Å². The molecular weight excluding hydrogens is 340 g/mol. The standard InChI is InChI=1S/C23H23ClN2/c24-22-7-4-8-23(17-22)26-15-13-25(14-16-26)18-19-9-11-21(12-10-19)20-5-2-1-3-6-20/h1-12,17H,13-16,18H2. The van der Waals surface area contributed by atoms with Gasteiger partial charge in [-0.3, -0.25) is 4.90 Å². The van der Waals surface area contributed by atoms with Gasteiger partial charge in [0.1, 0.15) is 0 Å². The maximum atomic E-state index is 6.12. The van der Waals surface area contributed by atoms with E-state index in [0.29, 0.717) is 0 Å². The van der Waals surface area contributed by atoms with Crippen molar-refractivity contribution in [1.82, 2.24) is 4.90 Å². The minimum absolute atomic E-state index is 0.809. The predicted molar refractivity (Wildman–Crippen MR) is 111 cm³/mol. The minimum atomic E-state index is 0.809. The average molecular weight is 363 g/mol. The van der Waals surface area contributed by atoms with E-state index in [2.05, 4.69) is 76.5 Å². The first kappa shape index (κ1) is 17.1. The van der Waals surface area contributed by atoms with Gasteiger partial charge in [0, 0.05) is 43.4 Å². The number of hydrogen-bond acceptors (Lipinski definition) is 2. The van der Waals surface area contributed by atoms with Gasteiger partial charge >= 0.3 is 0 Å². The quantitative estimate of drug-likeness (QED) is 0.619. The molecule has 1 fully saturated rings. The molecule has 0 N–H and O–H groups in total. The van der Waals surface area contributed by atoms with Crippen LogP contribution in [0.25, 0.3) is 11.1 Å². The molecular formula is C23H23ClN2. The third-order valence-electron chi connectivity index (χ3n) is 5.01. The van der Waals surface area contributed by atoms with Crippen LogP contribution < -0.4 is 4.90 Å². The first-order chi connectivity index (χ1) is 12.8. The Kier molecular flexibility index (Phi) is 5.24. The van der Waals surface area contributed by atoms with Crippen molar-refractivity contribution in [2.75, 3.05) is 31.1 Å². The number of hydrogen-bond donors (Lipinski definition) is 0. The Balaban J connectivity index is 1.34. The van der Waals surface area contributed by atoms with Gasteiger partial charge < -0.3 is 4.90 Å². The van der Waals surface area contributed by atoms with Crippen molar-refractivity contribution in [3.63, 3.8) is 0 Å². The predicted octanol–water partition coefficient (Wildman–Crippen LogP) is 5.33. The smallest absolute Gasteiger partial charge is 0.0426 e. The monoisotopic (exact) mass is 362 g/mol. The van der Waals surface area contributed by atoms with Gasteiger partial charge in [0.05, 0.1) is 0 Å². The molecule has 2 nitrogen and oxygen atoms in total. The van der Waals surface area contributed by atoms with Gasteiger partial charge in [-0.15, -0.1) is 0 Å². The van der Waals surface area contributed by atoms with E-state index in [0.717, 1.165) is 37.7 Å². The van der Waals surface area contributed by atoms with E-state index in [1.54, 1.807) is 0 Å². The Hall–Kier alpha value is -2.29. The highest BCUT2D eigenvalue weighted by atomic mass is 35.5. The van der Waals surface area contributed by atoms with Crippen LogP contribution in [0.15, 0.2) is 78.9 Å². The summed E-state index contributed by atoms with van der Waals surface area (Å²) >= 11 is 6.12. The lowest BCUT2D eigenvalue weighted by Gasteiger charge is -2.36. The van der Waals surface area contributed by atoms with Gasteiger partial charge in [0.2, 0.25) is 0 Å². The highest BCUT2D eigenvalue weighted by Gasteiger charge is 2.17. The number of nitrogens with zero attached hydrogens (tertiary/aromatic N) is 2. The van der Waals surface area contributed by atoms with Crippen LogP contribution in [-0.4, -0.2) is 31.1 Å². The Morgan fingerprint density at radius 2 is 1.38 bits per heavy atom. The van der Waals surface area contributed by atoms with Crippen molar-refractivity contribution < 1.29 is 0 Å². The van der Waals surface area contributed by atoms with Gasteiger partial charge in [-0.05, 0) is 34.9 Å². The van der Waals surface area contributed by atoms with Crippen LogP contribution in [0.5, 0.6) is 0 Å². The highest BCUT2D eigenvalue weighted by molar-refractivity contribution is 6.30. The summed E-state index contributed by atoms with van der Waals surface area (Å²) in [6, 6.07) is 27.7. The van der Waals surface area contributed by atoms with Crippen LogP contribution in [-0.2, 0) is 6.54 Å². The van der Waals surface area contributed by atoms with E-state index in [1.807, 2.05) is 12.1 Å². The SMILES string of the molecule is Clc1cccc(N2CCN(Cc3ccc(-c4ccccc4)cc3)CC2)c1. The summed E-state index contributed by atoms with van der Waals surface area (Å²) in [6.45, 7) is 5.25. The lowest BCUT2D eigenvalue weighted by Crippen LogP contribution is -2.45. The second-order valence-corrected chi connectivity index (χ2v) is 7.24. The lowest BCUT2D eigenvalue weighted by molar-refractivity contribution is 0.250. The molecule has 3 heteroatoms. The van der Waals surface area contributed by atoms with Crippen molar-refractivity contribution in [2.45, 2.75) is 6.54 Å². The molecule has 0 spiro atoms. The number of rotatable bonds is 4. The fraction of sp³-hybridized carbons (Fsp3) is 0.217. The summed E-state index contributed by atoms with van der Waals surface area (Å²) in [6.07, 6.45) is 0. The van der Waals surface area contributed by atoms with Crippen LogP contribution in [0.1, 0.15) is 5.56 Å². The summed E-state index contributed by atoms with van der Waals surface area (Å²) in [4.78, 5) is 4.94. The summed E-state index contributed by atoms with van der Waals surface area (Å²) in [5.74, 6) is 0. The topological polar surface area (TPSA) is 6.48 Å². The average Bonchev–Trinajstić information content (AvgIpc) is 2.70. The van der Waals surface area contributed by atoms with Gasteiger partial charge in [-0.1, -0.05) is 72.3 Å². The van der Waals surface area contributed by atoms with Crippen molar-refractivity contribution in [3.8, 4) is 11.1 Å². The molecule has 0 amide bonds. The van der Waals surface area contributed by atoms with E-state index in [1.165, 1.54) is 22.4 Å². The van der Waals surface area contributed by atoms with E-state index in [4.69, 9.17) is 11.6 Å². The number of anilines is 1. The second-order valence-electron chi connectivity index (χ2n) is 6.81. The van der Waals surface area contributed by atoms with Crippen molar-refractivity contribution in [3.05, 3.63) is 89.4 Å². The van der Waals surface area contributed by atoms with Crippen LogP contribution in [0.2, 0.25) is 5.02 Å². The molecule has 0 aliphatic carbocycles. The number of piperazine rings is 1. The van der Waals surface area contributed by atoms with Crippen molar-refractivity contribution >= 4 is 17.3 Å². The zero-order valence-electron chi connectivity index (χ0n) is 14.8. The summed E-state index contributed by atoms with van der Waals surface area (Å²) in [5, 5.41) is 0.809. The van der Waals surface area contributed by atoms with Crippen molar-refractivity contribution in [1.29, 1.82) is 0 Å². The summed E-state index contributed by atoms with van der Waals surface area (Å²) < 4.78 is 0. The highest BCUT2D eigenvalue weighted by Crippen LogP contribution is 2.22. The zero-order chi connectivity index (χ0) is 17.8. The number of benzene rings is 3. The van der Waals surface area contributed by atoms with E-state index in [-0.39, 0.29) is 0 Å². The van der Waals surface area contributed by atoms with Crippen molar-refractivity contribution in [2.24, 2.45) is 0 Å². The Morgan fingerprint density at radius 1 is 0.692 bits per heavy atom. The van der Waals surface area contributed by atoms with E-state index >= 15 is 0 Å². The first-order valence-corrected chi connectivity index (χ1v) is 9.53. The van der Waals surface area contributed by atoms with E-state index < -0.39 is 0 Å². The molecule has 1 heterocycles. The van der Waals surface area contributed by atoms with Crippen LogP contribution in [0.3, 0.4) is 0 Å². The molecule has 3 aromatic rings. The molecule has 1 aliphatic rings. The third-order valence-corrected chi connectivity index (χ3v) is 5.25. The molecule has 0 saturated carbocycles. The normalized spacial score (nSPS) is 15.2. The van der Waals surface area contributed by atoms with Gasteiger partial charge in [-0.25, -0.2) is 0 Å². The Morgan fingerprint density at radius 3 is 2.08 bits per heavy atom. The molecule has 0 unspecified atom stereocenters. The van der Waals surface area contributed by atoms with Crippen LogP contribution in [0, 0.1) is 0 Å². The molecule has 26 heavy (non-hydrogen) atoms. The fourth-order valence-electron chi connectivity index (χ4n) is 3.53. The fourth-order valence-corrected chi connectivity index (χ4v) is 3.71. The minimum Gasteiger partial charge on any atom is -0.369 e. The largest absolute Gasteiger partial charge is 0.369 e. The first-order valence-electron chi connectivity index (χ1n) is 9.15. The third kappa shape index (κ3) is 4.09. The number of halogens is 1. The summed E-state index contributed by atoms with van der Waals surface area (Å²) in [7, 11) is 0. The maximum absolute atomic E-state index is 6.12. The Labute approximate surface area is 160 Å². The molecule has 1 saturated heterocycles. The van der Waals surface area contributed by atoms with E-state index in [9.17, 15) is 0 Å². The molecule has 132 valence electrons. The molecule has 1 aliphatic heterocycles. The molecule has 3 aromatic carbocycles. The van der Waals surface area contributed by atoms with Gasteiger partial charge in [-0.2, -0.15) is 0 Å². The molecule has 0 bridgehead atoms. The molecule has 0 atom stereocenters. The van der Waals surface area contributed by atoms with Crippen LogP contribution in [0.4, 0.5) is 5.69 Å². The van der Waals surface area contributed by atoms with Gasteiger partial charge in [0.15, 0.2) is 0 Å².